The Morgan fingerprint density at radius 2 is 1.91 bits per heavy atom. The molecule has 4 aliphatic carbocycles. The molecule has 202 valence electrons. The fourth-order valence-corrected chi connectivity index (χ4v) is 9.45. The van der Waals surface area contributed by atoms with E-state index < -0.39 is 17.8 Å². The van der Waals surface area contributed by atoms with E-state index in [0.29, 0.717) is 50.2 Å². The number of hydrogen-bond acceptors (Lipinski definition) is 7. The van der Waals surface area contributed by atoms with Crippen molar-refractivity contribution in [3.8, 4) is 0 Å². The number of carbonyl (C=O) groups excluding carboxylic acids is 1. The molecule has 0 aliphatic heterocycles. The van der Waals surface area contributed by atoms with Crippen molar-refractivity contribution in [3.63, 3.8) is 0 Å². The Bertz CT molecular complexity index is 766. The molecular weight excluding hydrogens is 444 g/mol. The van der Waals surface area contributed by atoms with E-state index in [-0.39, 0.29) is 34.6 Å². The third-order valence-electron chi connectivity index (χ3n) is 11.5. The van der Waals surface area contributed by atoms with Crippen LogP contribution in [0.3, 0.4) is 0 Å². The van der Waals surface area contributed by atoms with Crippen LogP contribution in [0.5, 0.6) is 0 Å². The van der Waals surface area contributed by atoms with Gasteiger partial charge in [0, 0.05) is 26.1 Å². The number of nitrogens with one attached hydrogen (secondary N) is 1. The first-order chi connectivity index (χ1) is 16.5. The Hall–Kier alpha value is -0.730. The molecule has 0 aromatic carbocycles. The van der Waals surface area contributed by atoms with E-state index in [2.05, 4.69) is 26.1 Å². The van der Waals surface area contributed by atoms with Gasteiger partial charge in [0.1, 0.15) is 0 Å². The van der Waals surface area contributed by atoms with Crippen molar-refractivity contribution in [1.29, 1.82) is 0 Å². The van der Waals surface area contributed by atoms with Gasteiger partial charge in [-0.2, -0.15) is 0 Å². The first-order valence-corrected chi connectivity index (χ1v) is 14.1. The maximum atomic E-state index is 11.7. The minimum atomic E-state index is -0.749. The molecule has 0 amide bonds. The molecule has 35 heavy (non-hydrogen) atoms. The summed E-state index contributed by atoms with van der Waals surface area (Å²) in [4.78, 5) is 11.7. The van der Waals surface area contributed by atoms with Crippen LogP contribution in [0.2, 0.25) is 0 Å². The Balaban J connectivity index is 1.52. The van der Waals surface area contributed by atoms with Crippen molar-refractivity contribution >= 4 is 5.97 Å². The number of aliphatic hydroxyl groups excluding tert-OH is 2. The lowest BCUT2D eigenvalue weighted by Crippen LogP contribution is -2.63. The number of hydrogen-bond donors (Lipinski definition) is 5. The van der Waals surface area contributed by atoms with Gasteiger partial charge in [-0.05, 0) is 97.7 Å². The maximum absolute atomic E-state index is 11.7. The van der Waals surface area contributed by atoms with Crippen LogP contribution in [0.25, 0.3) is 0 Å². The number of esters is 1. The summed E-state index contributed by atoms with van der Waals surface area (Å²) in [5.74, 6) is 1.52. The van der Waals surface area contributed by atoms with Crippen molar-refractivity contribution < 1.29 is 24.9 Å². The molecule has 11 atom stereocenters. The van der Waals surface area contributed by atoms with Crippen LogP contribution in [-0.2, 0) is 9.53 Å². The van der Waals surface area contributed by atoms with Gasteiger partial charge in [0.15, 0.2) is 0 Å². The van der Waals surface area contributed by atoms with Gasteiger partial charge >= 0.3 is 5.97 Å². The van der Waals surface area contributed by atoms with E-state index in [1.165, 1.54) is 7.11 Å². The summed E-state index contributed by atoms with van der Waals surface area (Å²) < 4.78 is 4.86. The summed E-state index contributed by atoms with van der Waals surface area (Å²) in [7, 11) is 1.44. The van der Waals surface area contributed by atoms with Crippen LogP contribution in [0, 0.1) is 46.3 Å². The maximum Gasteiger partial charge on any atom is 0.305 e. The summed E-state index contributed by atoms with van der Waals surface area (Å²) in [5, 5.41) is 37.9. The molecule has 4 rings (SSSR count). The molecule has 0 heterocycles. The quantitative estimate of drug-likeness (QED) is 0.259. The zero-order valence-corrected chi connectivity index (χ0v) is 22.3. The standard InChI is InChI=1S/C28H50N2O5/c1-17(5-8-24(33)35-4)19-6-7-20-25-21(14-23(32)27(19,20)3)26(2)9-10-28(34,16-30-12-11-29)15-18(26)13-22(25)31/h17-23,25,30-32,34H,5-16,29H2,1-4H3/t17-,18-,19-,20+,21+,22-,23+,25+,26+,27-,28+/m1/s1. The molecule has 0 aromatic heterocycles. The predicted octanol–water partition coefficient (Wildman–Crippen LogP) is 2.46. The average Bonchev–Trinajstić information content (AvgIpc) is 3.18. The topological polar surface area (TPSA) is 125 Å². The molecule has 0 bridgehead atoms. The van der Waals surface area contributed by atoms with Crippen LogP contribution >= 0.6 is 0 Å². The van der Waals surface area contributed by atoms with Crippen molar-refractivity contribution in [1.82, 2.24) is 5.32 Å². The van der Waals surface area contributed by atoms with Crippen LogP contribution in [-0.4, -0.2) is 65.8 Å². The fourth-order valence-electron chi connectivity index (χ4n) is 9.45. The second kappa shape index (κ2) is 10.2. The predicted molar refractivity (Wildman–Crippen MR) is 135 cm³/mol. The molecule has 0 spiro atoms. The van der Waals surface area contributed by atoms with Crippen molar-refractivity contribution in [2.45, 2.75) is 96.4 Å². The lowest BCUT2D eigenvalue weighted by molar-refractivity contribution is -0.215. The van der Waals surface area contributed by atoms with Gasteiger partial charge in [0.05, 0.1) is 24.9 Å². The molecule has 4 fully saturated rings. The summed E-state index contributed by atoms with van der Waals surface area (Å²) in [6, 6.07) is 0. The van der Waals surface area contributed by atoms with Gasteiger partial charge in [-0.3, -0.25) is 4.79 Å². The van der Waals surface area contributed by atoms with E-state index in [9.17, 15) is 20.1 Å². The van der Waals surface area contributed by atoms with Gasteiger partial charge in [-0.15, -0.1) is 0 Å². The highest BCUT2D eigenvalue weighted by Crippen LogP contribution is 2.68. The highest BCUT2D eigenvalue weighted by atomic mass is 16.5. The number of fused-ring (bicyclic) bond motifs is 5. The molecule has 4 aliphatic rings. The van der Waals surface area contributed by atoms with E-state index in [1.54, 1.807) is 0 Å². The van der Waals surface area contributed by atoms with E-state index in [4.69, 9.17) is 10.5 Å². The van der Waals surface area contributed by atoms with Crippen LogP contribution in [0.4, 0.5) is 0 Å². The van der Waals surface area contributed by atoms with Gasteiger partial charge in [0.2, 0.25) is 0 Å². The van der Waals surface area contributed by atoms with Crippen molar-refractivity contribution in [3.05, 3.63) is 0 Å². The lowest BCUT2D eigenvalue weighted by atomic mass is 9.42. The SMILES string of the molecule is COC(=O)CC[C@@H](C)[C@H]1CC[C@H]2[C@@H]3[C@H](O)C[C@@H]4C[C@](O)(CNCCN)CC[C@]4(C)[C@H]3C[C@H](O)[C@]12C. The van der Waals surface area contributed by atoms with Crippen molar-refractivity contribution in [2.24, 2.45) is 52.1 Å². The van der Waals surface area contributed by atoms with Gasteiger partial charge < -0.3 is 31.1 Å². The summed E-state index contributed by atoms with van der Waals surface area (Å²) in [6.07, 6.45) is 6.33. The second-order valence-electron chi connectivity index (χ2n) is 13.1. The van der Waals surface area contributed by atoms with E-state index >= 15 is 0 Å². The molecule has 7 heteroatoms. The molecule has 7 nitrogen and oxygen atoms in total. The number of carbonyl (C=O) groups is 1. The van der Waals surface area contributed by atoms with Crippen LogP contribution < -0.4 is 11.1 Å². The van der Waals surface area contributed by atoms with Crippen LogP contribution in [0.1, 0.15) is 78.6 Å². The Morgan fingerprint density at radius 3 is 2.60 bits per heavy atom. The largest absolute Gasteiger partial charge is 0.469 e. The number of rotatable bonds is 8. The highest BCUT2D eigenvalue weighted by molar-refractivity contribution is 5.69. The normalized spacial score (nSPS) is 47.9. The zero-order chi connectivity index (χ0) is 25.6. The summed E-state index contributed by atoms with van der Waals surface area (Å²) >= 11 is 0. The van der Waals surface area contributed by atoms with Crippen molar-refractivity contribution in [2.75, 3.05) is 26.7 Å². The fraction of sp³-hybridized carbons (Fsp3) is 0.964. The average molecular weight is 495 g/mol. The van der Waals surface area contributed by atoms with Gasteiger partial charge in [-0.1, -0.05) is 20.8 Å². The minimum absolute atomic E-state index is 0.0287. The highest BCUT2D eigenvalue weighted by Gasteiger charge is 2.66. The van der Waals surface area contributed by atoms with Gasteiger partial charge in [0.25, 0.3) is 0 Å². The molecule has 0 radical (unpaired) electrons. The zero-order valence-electron chi connectivity index (χ0n) is 22.3. The Labute approximate surface area is 211 Å². The minimum Gasteiger partial charge on any atom is -0.469 e. The van der Waals surface area contributed by atoms with Gasteiger partial charge in [-0.25, -0.2) is 0 Å². The summed E-state index contributed by atoms with van der Waals surface area (Å²) in [5.41, 5.74) is 4.66. The third-order valence-corrected chi connectivity index (χ3v) is 11.5. The van der Waals surface area contributed by atoms with E-state index in [1.807, 2.05) is 0 Å². The lowest BCUT2D eigenvalue weighted by Gasteiger charge is -2.64. The van der Waals surface area contributed by atoms with Crippen LogP contribution in [0.15, 0.2) is 0 Å². The number of aliphatic hydroxyl groups is 3. The Morgan fingerprint density at radius 1 is 1.17 bits per heavy atom. The summed E-state index contributed by atoms with van der Waals surface area (Å²) in [6.45, 7) is 8.65. The van der Waals surface area contributed by atoms with E-state index in [0.717, 1.165) is 44.9 Å². The first kappa shape index (κ1) is 27.3. The first-order valence-electron chi connectivity index (χ1n) is 14.1. The Kier molecular flexibility index (Phi) is 7.96. The second-order valence-corrected chi connectivity index (χ2v) is 13.1. The molecule has 6 N–H and O–H groups in total. The molecule has 0 unspecified atom stereocenters. The number of methoxy groups -OCH3 is 1. The third kappa shape index (κ3) is 4.69. The molecule has 0 saturated heterocycles. The molecule has 0 aromatic rings. The number of ether oxygens (including phenoxy) is 1. The molecule has 4 saturated carbocycles. The number of nitrogens with two attached hydrogens (primary N) is 1. The monoisotopic (exact) mass is 494 g/mol. The smallest absolute Gasteiger partial charge is 0.305 e. The molecular formula is C28H50N2O5.